The van der Waals surface area contributed by atoms with Crippen LogP contribution in [0.15, 0.2) is 18.2 Å². The molecule has 0 fully saturated rings. The van der Waals surface area contributed by atoms with Gasteiger partial charge in [-0.25, -0.2) is 4.98 Å². The highest BCUT2D eigenvalue weighted by atomic mass is 35.5. The molecule has 0 aliphatic heterocycles. The van der Waals surface area contributed by atoms with Crippen molar-refractivity contribution in [3.63, 3.8) is 0 Å². The summed E-state index contributed by atoms with van der Waals surface area (Å²) in [7, 11) is 0. The third-order valence-electron chi connectivity index (χ3n) is 3.37. The lowest BCUT2D eigenvalue weighted by atomic mass is 10.2. The van der Waals surface area contributed by atoms with Crippen LogP contribution in [0.4, 0.5) is 0 Å². The van der Waals surface area contributed by atoms with Gasteiger partial charge in [0.25, 0.3) is 0 Å². The summed E-state index contributed by atoms with van der Waals surface area (Å²) in [5.41, 5.74) is 2.18. The maximum absolute atomic E-state index is 6.06. The Hall–Kier alpha value is -1.06. The zero-order chi connectivity index (χ0) is 14.7. The number of benzene rings is 1. The van der Waals surface area contributed by atoms with Gasteiger partial charge in [0.15, 0.2) is 0 Å². The molecule has 110 valence electrons. The molecule has 0 spiro atoms. The van der Waals surface area contributed by atoms with Crippen molar-refractivity contribution in [2.45, 2.75) is 52.6 Å². The molecule has 4 heteroatoms. The van der Waals surface area contributed by atoms with Crippen molar-refractivity contribution >= 4 is 22.6 Å². The Bertz CT molecular complexity index is 572. The highest BCUT2D eigenvalue weighted by molar-refractivity contribution is 6.31. The van der Waals surface area contributed by atoms with E-state index in [1.165, 1.54) is 5.52 Å². The predicted octanol–water partition coefficient (Wildman–Crippen LogP) is 4.20. The second-order valence-electron chi connectivity index (χ2n) is 5.84. The number of nitrogens with zero attached hydrogens (tertiary/aromatic N) is 2. The summed E-state index contributed by atoms with van der Waals surface area (Å²) >= 11 is 6.06. The van der Waals surface area contributed by atoms with E-state index in [9.17, 15) is 0 Å². The molecule has 1 N–H and O–H groups in total. The molecule has 0 saturated carbocycles. The van der Waals surface area contributed by atoms with Crippen molar-refractivity contribution in [2.75, 3.05) is 6.54 Å². The minimum Gasteiger partial charge on any atom is -0.325 e. The number of nitrogens with one attached hydrogen (secondary N) is 1. The first kappa shape index (κ1) is 15.3. The predicted molar refractivity (Wildman–Crippen MR) is 86.6 cm³/mol. The Kier molecular flexibility index (Phi) is 5.06. The Balaban J connectivity index is 2.21. The second kappa shape index (κ2) is 6.59. The van der Waals surface area contributed by atoms with E-state index in [1.54, 1.807) is 0 Å². The fourth-order valence-electron chi connectivity index (χ4n) is 2.51. The Morgan fingerprint density at radius 2 is 2.00 bits per heavy atom. The molecule has 1 aromatic heterocycles. The monoisotopic (exact) mass is 293 g/mol. The van der Waals surface area contributed by atoms with Crippen LogP contribution < -0.4 is 5.32 Å². The van der Waals surface area contributed by atoms with E-state index in [4.69, 9.17) is 16.6 Å². The number of halogens is 1. The number of imidazole rings is 1. The molecule has 20 heavy (non-hydrogen) atoms. The van der Waals surface area contributed by atoms with Gasteiger partial charge in [-0.2, -0.15) is 0 Å². The zero-order valence-electron chi connectivity index (χ0n) is 12.8. The van der Waals surface area contributed by atoms with E-state index in [0.717, 1.165) is 35.8 Å². The molecule has 0 unspecified atom stereocenters. The quantitative estimate of drug-likeness (QED) is 0.809. The van der Waals surface area contributed by atoms with Gasteiger partial charge in [0, 0.05) is 23.5 Å². The van der Waals surface area contributed by atoms with E-state index < -0.39 is 0 Å². The van der Waals surface area contributed by atoms with Crippen LogP contribution in [0.2, 0.25) is 5.02 Å². The summed E-state index contributed by atoms with van der Waals surface area (Å²) in [6, 6.07) is 6.91. The van der Waals surface area contributed by atoms with Crippen LogP contribution in [-0.4, -0.2) is 22.1 Å². The lowest BCUT2D eigenvalue weighted by Crippen LogP contribution is -2.24. The standard InChI is InChI=1S/C16H24ClN3/c1-11(2)18-9-5-6-16-19-14-10-13(17)7-8-15(14)20(16)12(3)4/h7-8,10-12,18H,5-6,9H2,1-4H3. The number of aryl methyl sites for hydroxylation is 1. The zero-order valence-corrected chi connectivity index (χ0v) is 13.5. The van der Waals surface area contributed by atoms with E-state index in [2.05, 4.69) is 43.6 Å². The van der Waals surface area contributed by atoms with Crippen molar-refractivity contribution in [2.24, 2.45) is 0 Å². The van der Waals surface area contributed by atoms with Gasteiger partial charge in [-0.05, 0) is 45.0 Å². The number of rotatable bonds is 6. The van der Waals surface area contributed by atoms with Gasteiger partial charge in [-0.1, -0.05) is 25.4 Å². The lowest BCUT2D eigenvalue weighted by Gasteiger charge is -2.13. The van der Waals surface area contributed by atoms with Crippen molar-refractivity contribution in [3.8, 4) is 0 Å². The molecule has 2 aromatic rings. The highest BCUT2D eigenvalue weighted by Crippen LogP contribution is 2.24. The average molecular weight is 294 g/mol. The molecule has 3 nitrogen and oxygen atoms in total. The fraction of sp³-hybridized carbons (Fsp3) is 0.562. The number of aromatic nitrogens is 2. The Labute approximate surface area is 126 Å². The number of hydrogen-bond acceptors (Lipinski definition) is 2. The summed E-state index contributed by atoms with van der Waals surface area (Å²) in [6.07, 6.45) is 2.09. The van der Waals surface area contributed by atoms with Gasteiger partial charge in [0.2, 0.25) is 0 Å². The van der Waals surface area contributed by atoms with Gasteiger partial charge in [-0.3, -0.25) is 0 Å². The first-order chi connectivity index (χ1) is 9.49. The van der Waals surface area contributed by atoms with Crippen molar-refractivity contribution < 1.29 is 0 Å². The summed E-state index contributed by atoms with van der Waals surface area (Å²) in [6.45, 7) is 9.77. The molecule has 1 heterocycles. The van der Waals surface area contributed by atoms with Crippen molar-refractivity contribution in [1.82, 2.24) is 14.9 Å². The van der Waals surface area contributed by atoms with Crippen molar-refractivity contribution in [3.05, 3.63) is 29.0 Å². The molecule has 0 atom stereocenters. The lowest BCUT2D eigenvalue weighted by molar-refractivity contribution is 0.541. The Morgan fingerprint density at radius 1 is 1.25 bits per heavy atom. The minimum absolute atomic E-state index is 0.411. The highest BCUT2D eigenvalue weighted by Gasteiger charge is 2.13. The van der Waals surface area contributed by atoms with E-state index >= 15 is 0 Å². The maximum atomic E-state index is 6.06. The Morgan fingerprint density at radius 3 is 2.65 bits per heavy atom. The van der Waals surface area contributed by atoms with E-state index in [1.807, 2.05) is 12.1 Å². The summed E-state index contributed by atoms with van der Waals surface area (Å²) in [5, 5.41) is 4.20. The molecule has 0 aliphatic carbocycles. The van der Waals surface area contributed by atoms with E-state index in [-0.39, 0.29) is 0 Å². The maximum Gasteiger partial charge on any atom is 0.110 e. The van der Waals surface area contributed by atoms with Crippen LogP contribution in [0.5, 0.6) is 0 Å². The van der Waals surface area contributed by atoms with Crippen molar-refractivity contribution in [1.29, 1.82) is 0 Å². The number of fused-ring (bicyclic) bond motifs is 1. The van der Waals surface area contributed by atoms with Gasteiger partial charge >= 0.3 is 0 Å². The average Bonchev–Trinajstić information content (AvgIpc) is 2.71. The van der Waals surface area contributed by atoms with Gasteiger partial charge in [0.1, 0.15) is 5.82 Å². The summed E-state index contributed by atoms with van der Waals surface area (Å²) < 4.78 is 2.32. The van der Waals surface area contributed by atoms with E-state index in [0.29, 0.717) is 12.1 Å². The molecule has 0 amide bonds. The molecular formula is C16H24ClN3. The van der Waals surface area contributed by atoms with Crippen LogP contribution in [0.1, 0.15) is 46.0 Å². The van der Waals surface area contributed by atoms with Gasteiger partial charge in [-0.15, -0.1) is 0 Å². The normalized spacial score (nSPS) is 11.9. The van der Waals surface area contributed by atoms with Crippen LogP contribution in [-0.2, 0) is 6.42 Å². The number of hydrogen-bond donors (Lipinski definition) is 1. The molecule has 0 aliphatic rings. The minimum atomic E-state index is 0.411. The fourth-order valence-corrected chi connectivity index (χ4v) is 2.68. The summed E-state index contributed by atoms with van der Waals surface area (Å²) in [4.78, 5) is 4.76. The van der Waals surface area contributed by atoms with Crippen LogP contribution in [0, 0.1) is 0 Å². The molecule has 1 aromatic carbocycles. The second-order valence-corrected chi connectivity index (χ2v) is 6.27. The molecular weight excluding hydrogens is 270 g/mol. The topological polar surface area (TPSA) is 29.9 Å². The first-order valence-corrected chi connectivity index (χ1v) is 7.76. The van der Waals surface area contributed by atoms with Gasteiger partial charge in [0.05, 0.1) is 11.0 Å². The SMILES string of the molecule is CC(C)NCCCc1nc2cc(Cl)ccc2n1C(C)C. The van der Waals surface area contributed by atoms with Gasteiger partial charge < -0.3 is 9.88 Å². The van der Waals surface area contributed by atoms with Crippen LogP contribution >= 0.6 is 11.6 Å². The third kappa shape index (κ3) is 3.53. The van der Waals surface area contributed by atoms with Crippen LogP contribution in [0.3, 0.4) is 0 Å². The molecule has 0 bridgehead atoms. The van der Waals surface area contributed by atoms with Crippen LogP contribution in [0.25, 0.3) is 11.0 Å². The smallest absolute Gasteiger partial charge is 0.110 e. The first-order valence-electron chi connectivity index (χ1n) is 7.38. The molecule has 2 rings (SSSR count). The third-order valence-corrected chi connectivity index (χ3v) is 3.61. The molecule has 0 radical (unpaired) electrons. The largest absolute Gasteiger partial charge is 0.325 e. The summed E-state index contributed by atoms with van der Waals surface area (Å²) in [5.74, 6) is 1.16. The molecule has 0 saturated heterocycles.